The van der Waals surface area contributed by atoms with Crippen LogP contribution in [0, 0.1) is 5.92 Å². The van der Waals surface area contributed by atoms with Crippen molar-refractivity contribution in [2.45, 2.75) is 39.3 Å². The highest BCUT2D eigenvalue weighted by Gasteiger charge is 2.29. The summed E-state index contributed by atoms with van der Waals surface area (Å²) in [6, 6.07) is 2.07. The molecule has 0 saturated carbocycles. The first-order valence-corrected chi connectivity index (χ1v) is 8.93. The van der Waals surface area contributed by atoms with Crippen molar-refractivity contribution in [3.8, 4) is 0 Å². The van der Waals surface area contributed by atoms with Gasteiger partial charge in [-0.15, -0.1) is 11.3 Å². The molecule has 2 heterocycles. The maximum Gasteiger partial charge on any atom is 0.410 e. The van der Waals surface area contributed by atoms with E-state index in [1.165, 1.54) is 9.35 Å². The smallest absolute Gasteiger partial charge is 0.410 e. The van der Waals surface area contributed by atoms with Crippen LogP contribution in [0.2, 0.25) is 0 Å². The van der Waals surface area contributed by atoms with E-state index in [-0.39, 0.29) is 6.09 Å². The van der Waals surface area contributed by atoms with Gasteiger partial charge >= 0.3 is 6.09 Å². The second-order valence-electron chi connectivity index (χ2n) is 6.40. The summed E-state index contributed by atoms with van der Waals surface area (Å²) >= 11 is 5.29. The molecule has 1 aromatic heterocycles. The van der Waals surface area contributed by atoms with E-state index in [4.69, 9.17) is 4.74 Å². The number of nitrogens with zero attached hydrogens (tertiary/aromatic N) is 1. The summed E-state index contributed by atoms with van der Waals surface area (Å²) in [5.41, 5.74) is -0.418. The van der Waals surface area contributed by atoms with Crippen molar-refractivity contribution in [1.29, 1.82) is 0 Å². The highest BCUT2D eigenvalue weighted by molar-refractivity contribution is 9.10. The standard InChI is InChI=1S/C15H23BrN2O2S/c1-15(2,3)20-14(19)18-6-4-11(10-18)8-17-9-13-12(16)5-7-21-13/h5,7,11,17H,4,6,8-10H2,1-3H3. The molecular weight excluding hydrogens is 352 g/mol. The van der Waals surface area contributed by atoms with Gasteiger partial charge < -0.3 is 15.0 Å². The highest BCUT2D eigenvalue weighted by atomic mass is 79.9. The van der Waals surface area contributed by atoms with Gasteiger partial charge in [-0.2, -0.15) is 0 Å². The van der Waals surface area contributed by atoms with E-state index in [2.05, 4.69) is 32.7 Å². The van der Waals surface area contributed by atoms with Crippen LogP contribution >= 0.6 is 27.3 Å². The van der Waals surface area contributed by atoms with E-state index in [9.17, 15) is 4.79 Å². The predicted octanol–water partition coefficient (Wildman–Crippen LogP) is 3.86. The number of nitrogens with one attached hydrogen (secondary N) is 1. The topological polar surface area (TPSA) is 41.6 Å². The molecule has 4 nitrogen and oxygen atoms in total. The third-order valence-electron chi connectivity index (χ3n) is 3.35. The van der Waals surface area contributed by atoms with Crippen LogP contribution in [0.1, 0.15) is 32.1 Å². The third-order valence-corrected chi connectivity index (χ3v) is 5.27. The summed E-state index contributed by atoms with van der Waals surface area (Å²) in [6.07, 6.45) is 0.851. The first-order chi connectivity index (χ1) is 9.85. The molecule has 0 radical (unpaired) electrons. The molecular formula is C15H23BrN2O2S. The number of hydrogen-bond donors (Lipinski definition) is 1. The zero-order chi connectivity index (χ0) is 15.5. The zero-order valence-corrected chi connectivity index (χ0v) is 15.2. The molecule has 0 spiro atoms. The van der Waals surface area contributed by atoms with Crippen molar-refractivity contribution in [3.05, 3.63) is 20.8 Å². The molecule has 0 aliphatic carbocycles. The number of halogens is 1. The third kappa shape index (κ3) is 5.27. The second kappa shape index (κ2) is 7.11. The number of amides is 1. The Bertz CT molecular complexity index is 484. The average molecular weight is 375 g/mol. The van der Waals surface area contributed by atoms with Crippen LogP contribution in [0.3, 0.4) is 0 Å². The number of rotatable bonds is 4. The molecule has 1 fully saturated rings. The molecule has 0 bridgehead atoms. The van der Waals surface area contributed by atoms with Gasteiger partial charge in [0.1, 0.15) is 5.60 Å². The van der Waals surface area contributed by atoms with Crippen LogP contribution in [-0.2, 0) is 11.3 Å². The Labute approximate surface area is 139 Å². The molecule has 21 heavy (non-hydrogen) atoms. The minimum Gasteiger partial charge on any atom is -0.444 e. The Morgan fingerprint density at radius 2 is 2.33 bits per heavy atom. The Morgan fingerprint density at radius 1 is 1.57 bits per heavy atom. The molecule has 118 valence electrons. The lowest BCUT2D eigenvalue weighted by Crippen LogP contribution is -2.36. The second-order valence-corrected chi connectivity index (χ2v) is 8.26. The molecule has 1 atom stereocenters. The number of carbonyl (C=O) groups excluding carboxylic acids is 1. The van der Waals surface area contributed by atoms with Crippen LogP contribution in [0.25, 0.3) is 0 Å². The Balaban J connectivity index is 1.70. The molecule has 1 aliphatic rings. The predicted molar refractivity (Wildman–Crippen MR) is 89.6 cm³/mol. The summed E-state index contributed by atoms with van der Waals surface area (Å²) in [6.45, 7) is 9.10. The monoisotopic (exact) mass is 374 g/mol. The fraction of sp³-hybridized carbons (Fsp3) is 0.667. The maximum absolute atomic E-state index is 12.0. The van der Waals surface area contributed by atoms with Gasteiger partial charge in [-0.3, -0.25) is 0 Å². The van der Waals surface area contributed by atoms with Crippen LogP contribution in [0.5, 0.6) is 0 Å². The van der Waals surface area contributed by atoms with Crippen molar-refractivity contribution in [2.24, 2.45) is 5.92 Å². The molecule has 1 aromatic rings. The van der Waals surface area contributed by atoms with Crippen molar-refractivity contribution in [3.63, 3.8) is 0 Å². The Morgan fingerprint density at radius 3 is 2.95 bits per heavy atom. The SMILES string of the molecule is CC(C)(C)OC(=O)N1CCC(CNCc2sccc2Br)C1. The van der Waals surface area contributed by atoms with E-state index < -0.39 is 5.60 Å². The Kier molecular flexibility index (Phi) is 5.68. The van der Waals surface area contributed by atoms with E-state index in [1.807, 2.05) is 25.7 Å². The summed E-state index contributed by atoms with van der Waals surface area (Å²) in [5.74, 6) is 0.510. The Hall–Kier alpha value is -0.590. The summed E-state index contributed by atoms with van der Waals surface area (Å²) in [7, 11) is 0. The zero-order valence-electron chi connectivity index (χ0n) is 12.8. The van der Waals surface area contributed by atoms with Crippen molar-refractivity contribution < 1.29 is 9.53 Å². The minimum absolute atomic E-state index is 0.189. The molecule has 1 N–H and O–H groups in total. The molecule has 2 rings (SSSR count). The summed E-state index contributed by atoms with van der Waals surface area (Å²) in [5, 5.41) is 5.56. The van der Waals surface area contributed by atoms with Crippen LogP contribution in [0.4, 0.5) is 4.79 Å². The van der Waals surface area contributed by atoms with E-state index in [1.54, 1.807) is 11.3 Å². The van der Waals surface area contributed by atoms with E-state index in [0.717, 1.165) is 32.6 Å². The highest BCUT2D eigenvalue weighted by Crippen LogP contribution is 2.23. The quantitative estimate of drug-likeness (QED) is 0.869. The molecule has 1 aliphatic heterocycles. The first kappa shape index (κ1) is 16.8. The van der Waals surface area contributed by atoms with Crippen LogP contribution < -0.4 is 5.32 Å². The van der Waals surface area contributed by atoms with E-state index in [0.29, 0.717) is 5.92 Å². The average Bonchev–Trinajstić information content (AvgIpc) is 2.97. The van der Waals surface area contributed by atoms with Crippen LogP contribution in [0.15, 0.2) is 15.9 Å². The molecule has 6 heteroatoms. The van der Waals surface area contributed by atoms with Gasteiger partial charge in [-0.05, 0) is 60.5 Å². The van der Waals surface area contributed by atoms with Crippen LogP contribution in [-0.4, -0.2) is 36.2 Å². The lowest BCUT2D eigenvalue weighted by Gasteiger charge is -2.24. The fourth-order valence-corrected chi connectivity index (χ4v) is 3.79. The number of ether oxygens (including phenoxy) is 1. The van der Waals surface area contributed by atoms with Crippen molar-refractivity contribution >= 4 is 33.4 Å². The van der Waals surface area contributed by atoms with Gasteiger partial charge in [0.15, 0.2) is 0 Å². The largest absolute Gasteiger partial charge is 0.444 e. The normalized spacial score (nSPS) is 19.0. The first-order valence-electron chi connectivity index (χ1n) is 7.25. The molecule has 1 unspecified atom stereocenters. The van der Waals surface area contributed by atoms with E-state index >= 15 is 0 Å². The number of carbonyl (C=O) groups is 1. The van der Waals surface area contributed by atoms with Gasteiger partial charge in [0.25, 0.3) is 0 Å². The molecule has 1 saturated heterocycles. The van der Waals surface area contributed by atoms with Gasteiger partial charge in [0.2, 0.25) is 0 Å². The maximum atomic E-state index is 12.0. The lowest BCUT2D eigenvalue weighted by molar-refractivity contribution is 0.0288. The van der Waals surface area contributed by atoms with Crippen molar-refractivity contribution in [1.82, 2.24) is 10.2 Å². The number of hydrogen-bond acceptors (Lipinski definition) is 4. The van der Waals surface area contributed by atoms with Gasteiger partial charge in [-0.25, -0.2) is 4.79 Å². The van der Waals surface area contributed by atoms with Gasteiger partial charge in [0.05, 0.1) is 0 Å². The van der Waals surface area contributed by atoms with Gasteiger partial charge in [-0.1, -0.05) is 0 Å². The summed E-state index contributed by atoms with van der Waals surface area (Å²) < 4.78 is 6.58. The van der Waals surface area contributed by atoms with Gasteiger partial charge in [0, 0.05) is 35.5 Å². The lowest BCUT2D eigenvalue weighted by atomic mass is 10.1. The number of thiophene rings is 1. The minimum atomic E-state index is -0.418. The van der Waals surface area contributed by atoms with Crippen molar-refractivity contribution in [2.75, 3.05) is 19.6 Å². The molecule has 0 aromatic carbocycles. The molecule has 1 amide bonds. The summed E-state index contributed by atoms with van der Waals surface area (Å²) in [4.78, 5) is 15.1. The fourth-order valence-electron chi connectivity index (χ4n) is 2.33. The number of likely N-dealkylation sites (tertiary alicyclic amines) is 1.